The van der Waals surface area contributed by atoms with Gasteiger partial charge in [0.25, 0.3) is 5.91 Å². The molecule has 0 aliphatic heterocycles. The van der Waals surface area contributed by atoms with E-state index in [1.165, 1.54) is 24.3 Å². The zero-order valence-electron chi connectivity index (χ0n) is 18.4. The number of anilines is 3. The standard InChI is InChI=1S/C25H24F3N3O3/c1-2-13-34-22-11-9-19(10-12-22)29-16-23(32)30-20-7-3-5-17(14-20)24(33)31-21-8-4-6-18(15-21)25(26,27)28/h3-12,14-15,29H,2,13,16H2,1H3,(H,30,32)(H,31,33). The van der Waals surface area contributed by atoms with E-state index in [0.717, 1.165) is 30.0 Å². The van der Waals surface area contributed by atoms with Crippen LogP contribution in [0.15, 0.2) is 72.8 Å². The van der Waals surface area contributed by atoms with E-state index in [1.807, 2.05) is 19.1 Å². The minimum atomic E-state index is -4.51. The molecule has 0 fully saturated rings. The Morgan fingerprint density at radius 3 is 2.21 bits per heavy atom. The van der Waals surface area contributed by atoms with Gasteiger partial charge in [-0.2, -0.15) is 13.2 Å². The molecule has 0 radical (unpaired) electrons. The maximum atomic E-state index is 12.9. The molecule has 0 heterocycles. The Morgan fingerprint density at radius 1 is 0.853 bits per heavy atom. The highest BCUT2D eigenvalue weighted by Crippen LogP contribution is 2.30. The number of amides is 2. The number of benzene rings is 3. The van der Waals surface area contributed by atoms with Crippen molar-refractivity contribution in [3.05, 3.63) is 83.9 Å². The van der Waals surface area contributed by atoms with E-state index in [0.29, 0.717) is 12.3 Å². The van der Waals surface area contributed by atoms with Crippen LogP contribution in [0.25, 0.3) is 0 Å². The first-order valence-corrected chi connectivity index (χ1v) is 10.6. The highest BCUT2D eigenvalue weighted by molar-refractivity contribution is 6.05. The minimum absolute atomic E-state index is 0.00414. The van der Waals surface area contributed by atoms with E-state index in [2.05, 4.69) is 16.0 Å². The molecule has 0 unspecified atom stereocenters. The maximum Gasteiger partial charge on any atom is 0.416 e. The van der Waals surface area contributed by atoms with Gasteiger partial charge in [0.15, 0.2) is 0 Å². The van der Waals surface area contributed by atoms with Crippen molar-refractivity contribution in [3.8, 4) is 5.75 Å². The van der Waals surface area contributed by atoms with Gasteiger partial charge in [0, 0.05) is 22.6 Å². The molecule has 0 aromatic heterocycles. The summed E-state index contributed by atoms with van der Waals surface area (Å²) in [5.74, 6) is -0.183. The molecule has 3 rings (SSSR count). The fourth-order valence-corrected chi connectivity index (χ4v) is 2.99. The maximum absolute atomic E-state index is 12.9. The van der Waals surface area contributed by atoms with Crippen molar-refractivity contribution in [1.29, 1.82) is 0 Å². The number of halogens is 3. The highest BCUT2D eigenvalue weighted by Gasteiger charge is 2.30. The fraction of sp³-hybridized carbons (Fsp3) is 0.200. The van der Waals surface area contributed by atoms with Crippen LogP contribution >= 0.6 is 0 Å². The van der Waals surface area contributed by atoms with Gasteiger partial charge in [0.2, 0.25) is 5.91 Å². The van der Waals surface area contributed by atoms with Gasteiger partial charge < -0.3 is 20.7 Å². The zero-order valence-corrected chi connectivity index (χ0v) is 18.4. The lowest BCUT2D eigenvalue weighted by Gasteiger charge is -2.11. The number of rotatable bonds is 9. The normalized spacial score (nSPS) is 10.9. The van der Waals surface area contributed by atoms with E-state index >= 15 is 0 Å². The summed E-state index contributed by atoms with van der Waals surface area (Å²) in [4.78, 5) is 24.8. The van der Waals surface area contributed by atoms with Gasteiger partial charge in [-0.1, -0.05) is 19.1 Å². The van der Waals surface area contributed by atoms with Crippen LogP contribution in [-0.2, 0) is 11.0 Å². The van der Waals surface area contributed by atoms with E-state index < -0.39 is 17.6 Å². The quantitative estimate of drug-likeness (QED) is 0.369. The van der Waals surface area contributed by atoms with Crippen LogP contribution in [0.3, 0.4) is 0 Å². The van der Waals surface area contributed by atoms with E-state index in [9.17, 15) is 22.8 Å². The van der Waals surface area contributed by atoms with Gasteiger partial charge in [-0.3, -0.25) is 9.59 Å². The molecule has 0 saturated heterocycles. The number of carbonyl (C=O) groups is 2. The molecular formula is C25H24F3N3O3. The topological polar surface area (TPSA) is 79.5 Å². The monoisotopic (exact) mass is 471 g/mol. The highest BCUT2D eigenvalue weighted by atomic mass is 19.4. The lowest BCUT2D eigenvalue weighted by molar-refractivity contribution is -0.137. The number of ether oxygens (including phenoxy) is 1. The van der Waals surface area contributed by atoms with Crippen LogP contribution < -0.4 is 20.7 Å². The Morgan fingerprint density at radius 2 is 1.53 bits per heavy atom. The second-order valence-corrected chi connectivity index (χ2v) is 7.39. The van der Waals surface area contributed by atoms with Gasteiger partial charge in [0.05, 0.1) is 18.7 Å². The SMILES string of the molecule is CCCOc1ccc(NCC(=O)Nc2cccc(C(=O)Nc3cccc(C(F)(F)F)c3)c2)cc1. The Bertz CT molecular complexity index is 1130. The molecule has 34 heavy (non-hydrogen) atoms. The number of alkyl halides is 3. The smallest absolute Gasteiger partial charge is 0.416 e. The molecule has 6 nitrogen and oxygen atoms in total. The Hall–Kier alpha value is -4.01. The summed E-state index contributed by atoms with van der Waals surface area (Å²) in [5.41, 5.74) is 0.470. The van der Waals surface area contributed by atoms with Crippen molar-refractivity contribution in [2.75, 3.05) is 29.1 Å². The van der Waals surface area contributed by atoms with Crippen LogP contribution in [0.5, 0.6) is 5.75 Å². The van der Waals surface area contributed by atoms with Crippen molar-refractivity contribution in [3.63, 3.8) is 0 Å². The zero-order chi connectivity index (χ0) is 24.6. The van der Waals surface area contributed by atoms with Crippen molar-refractivity contribution in [2.45, 2.75) is 19.5 Å². The third-order valence-electron chi connectivity index (χ3n) is 4.64. The second-order valence-electron chi connectivity index (χ2n) is 7.39. The van der Waals surface area contributed by atoms with Crippen LogP contribution in [0.4, 0.5) is 30.2 Å². The first kappa shape index (κ1) is 24.6. The van der Waals surface area contributed by atoms with Gasteiger partial charge in [-0.05, 0) is 67.1 Å². The molecule has 0 spiro atoms. The molecule has 0 atom stereocenters. The van der Waals surface area contributed by atoms with Crippen molar-refractivity contribution in [2.24, 2.45) is 0 Å². The molecule has 0 aliphatic carbocycles. The second kappa shape index (κ2) is 11.2. The largest absolute Gasteiger partial charge is 0.494 e. The summed E-state index contributed by atoms with van der Waals surface area (Å²) in [7, 11) is 0. The summed E-state index contributed by atoms with van der Waals surface area (Å²) in [5, 5.41) is 8.12. The van der Waals surface area contributed by atoms with Crippen LogP contribution in [0.1, 0.15) is 29.3 Å². The summed E-state index contributed by atoms with van der Waals surface area (Å²) in [6.45, 7) is 2.65. The molecule has 3 N–H and O–H groups in total. The predicted octanol–water partition coefficient (Wildman–Crippen LogP) is 5.80. The predicted molar refractivity (Wildman–Crippen MR) is 125 cm³/mol. The van der Waals surface area contributed by atoms with Crippen LogP contribution in [-0.4, -0.2) is 25.0 Å². The number of hydrogen-bond donors (Lipinski definition) is 3. The molecule has 0 bridgehead atoms. The molecule has 3 aromatic rings. The summed E-state index contributed by atoms with van der Waals surface area (Å²) >= 11 is 0. The minimum Gasteiger partial charge on any atom is -0.494 e. The summed E-state index contributed by atoms with van der Waals surface area (Å²) in [6.07, 6.45) is -3.60. The van der Waals surface area contributed by atoms with Crippen molar-refractivity contribution in [1.82, 2.24) is 0 Å². The number of nitrogens with one attached hydrogen (secondary N) is 3. The lowest BCUT2D eigenvalue weighted by atomic mass is 10.1. The van der Waals surface area contributed by atoms with Gasteiger partial charge in [-0.25, -0.2) is 0 Å². The molecule has 9 heteroatoms. The van der Waals surface area contributed by atoms with Crippen molar-refractivity contribution >= 4 is 28.9 Å². The third-order valence-corrected chi connectivity index (χ3v) is 4.64. The number of carbonyl (C=O) groups excluding carboxylic acids is 2. The van der Waals surface area contributed by atoms with E-state index in [-0.39, 0.29) is 23.7 Å². The van der Waals surface area contributed by atoms with Crippen LogP contribution in [0.2, 0.25) is 0 Å². The van der Waals surface area contributed by atoms with Crippen molar-refractivity contribution < 1.29 is 27.5 Å². The summed E-state index contributed by atoms with van der Waals surface area (Å²) in [6, 6.07) is 17.7. The van der Waals surface area contributed by atoms with E-state index in [4.69, 9.17) is 4.74 Å². The average molecular weight is 471 g/mol. The Labute approximate surface area is 195 Å². The fourth-order valence-electron chi connectivity index (χ4n) is 2.99. The van der Waals surface area contributed by atoms with Gasteiger partial charge in [0.1, 0.15) is 5.75 Å². The Balaban J connectivity index is 1.55. The first-order valence-electron chi connectivity index (χ1n) is 10.6. The molecule has 178 valence electrons. The third kappa shape index (κ3) is 7.26. The lowest BCUT2D eigenvalue weighted by Crippen LogP contribution is -2.22. The Kier molecular flexibility index (Phi) is 8.13. The van der Waals surface area contributed by atoms with Crippen LogP contribution in [0, 0.1) is 0 Å². The summed E-state index contributed by atoms with van der Waals surface area (Å²) < 4.78 is 44.1. The average Bonchev–Trinajstić information content (AvgIpc) is 2.82. The molecule has 2 amide bonds. The van der Waals surface area contributed by atoms with Gasteiger partial charge in [-0.15, -0.1) is 0 Å². The molecular weight excluding hydrogens is 447 g/mol. The molecule has 3 aromatic carbocycles. The van der Waals surface area contributed by atoms with E-state index in [1.54, 1.807) is 24.3 Å². The molecule has 0 saturated carbocycles. The van der Waals surface area contributed by atoms with Gasteiger partial charge >= 0.3 is 6.18 Å². The first-order chi connectivity index (χ1) is 16.2. The number of hydrogen-bond acceptors (Lipinski definition) is 4. The molecule has 0 aliphatic rings.